The van der Waals surface area contributed by atoms with E-state index in [1.165, 1.54) is 47.2 Å². The van der Waals surface area contributed by atoms with Crippen LogP contribution in [0.15, 0.2) is 51.9 Å². The van der Waals surface area contributed by atoms with Crippen molar-refractivity contribution in [3.8, 4) is 0 Å². The lowest BCUT2D eigenvalue weighted by Crippen LogP contribution is -2.29. The molecule has 0 saturated carbocycles. The first kappa shape index (κ1) is 16.9. The van der Waals surface area contributed by atoms with E-state index >= 15 is 0 Å². The van der Waals surface area contributed by atoms with Gasteiger partial charge in [-0.3, -0.25) is 9.59 Å². The van der Waals surface area contributed by atoms with E-state index in [2.05, 4.69) is 10.5 Å². The first-order valence-electron chi connectivity index (χ1n) is 7.32. The molecule has 0 fully saturated rings. The van der Waals surface area contributed by atoms with Crippen LogP contribution in [-0.4, -0.2) is 15.6 Å². The van der Waals surface area contributed by atoms with E-state index in [1.807, 2.05) is 0 Å². The number of carbonyl (C=O) groups is 1. The zero-order valence-corrected chi connectivity index (χ0v) is 13.9. The normalized spacial score (nSPS) is 10.7. The van der Waals surface area contributed by atoms with Gasteiger partial charge in [0.2, 0.25) is 0 Å². The Morgan fingerprint density at radius 3 is 2.84 bits per heavy atom. The molecular weight excluding hydrogens is 349 g/mol. The molecule has 0 bridgehead atoms. The van der Waals surface area contributed by atoms with Crippen molar-refractivity contribution < 1.29 is 13.7 Å². The maximum Gasteiger partial charge on any atom is 0.263 e. The Hall–Kier alpha value is -2.93. The van der Waals surface area contributed by atoms with Gasteiger partial charge in [-0.25, -0.2) is 4.39 Å². The number of rotatable bonds is 4. The summed E-state index contributed by atoms with van der Waals surface area (Å²) in [6, 6.07) is 8.71. The van der Waals surface area contributed by atoms with Crippen LogP contribution in [0, 0.1) is 12.7 Å². The van der Waals surface area contributed by atoms with E-state index in [0.717, 1.165) is 0 Å². The fraction of sp³-hybridized carbons (Fsp3) is 0.118. The minimum atomic E-state index is -0.632. The van der Waals surface area contributed by atoms with Crippen molar-refractivity contribution in [3.63, 3.8) is 0 Å². The van der Waals surface area contributed by atoms with E-state index in [1.54, 1.807) is 6.92 Å². The van der Waals surface area contributed by atoms with E-state index < -0.39 is 17.3 Å². The zero-order valence-electron chi connectivity index (χ0n) is 13.1. The van der Waals surface area contributed by atoms with Gasteiger partial charge < -0.3 is 14.4 Å². The highest BCUT2D eigenvalue weighted by Crippen LogP contribution is 2.19. The van der Waals surface area contributed by atoms with Crippen molar-refractivity contribution in [1.29, 1.82) is 0 Å². The molecule has 0 unspecified atom stereocenters. The number of aromatic nitrogens is 2. The summed E-state index contributed by atoms with van der Waals surface area (Å²) >= 11 is 5.99. The number of halogens is 2. The van der Waals surface area contributed by atoms with Crippen LogP contribution >= 0.6 is 11.6 Å². The smallest absolute Gasteiger partial charge is 0.263 e. The molecule has 1 N–H and O–H groups in total. The first-order valence-corrected chi connectivity index (χ1v) is 7.70. The van der Waals surface area contributed by atoms with Gasteiger partial charge in [-0.1, -0.05) is 22.8 Å². The van der Waals surface area contributed by atoms with Crippen LogP contribution in [0.3, 0.4) is 0 Å². The lowest BCUT2D eigenvalue weighted by Gasteiger charge is -2.10. The number of aryl methyl sites for hydroxylation is 1. The number of hydrogen-bond acceptors (Lipinski definition) is 4. The topological polar surface area (TPSA) is 77.1 Å². The molecular formula is C17H13ClFN3O3. The van der Waals surface area contributed by atoms with Crippen LogP contribution in [0.5, 0.6) is 0 Å². The molecule has 2 heterocycles. The van der Waals surface area contributed by atoms with E-state index in [0.29, 0.717) is 5.76 Å². The average molecular weight is 362 g/mol. The van der Waals surface area contributed by atoms with Crippen molar-refractivity contribution >= 4 is 23.3 Å². The highest BCUT2D eigenvalue weighted by molar-refractivity contribution is 6.31. The molecule has 1 aromatic carbocycles. The maximum atomic E-state index is 13.9. The molecule has 0 aliphatic rings. The Kier molecular flexibility index (Phi) is 4.67. The third kappa shape index (κ3) is 3.61. The molecule has 3 aromatic rings. The molecule has 0 aliphatic carbocycles. The van der Waals surface area contributed by atoms with E-state index in [-0.39, 0.29) is 28.5 Å². The van der Waals surface area contributed by atoms with Crippen LogP contribution < -0.4 is 10.9 Å². The highest BCUT2D eigenvalue weighted by atomic mass is 35.5. The molecule has 2 aromatic heterocycles. The Labute approximate surface area is 146 Å². The predicted molar refractivity (Wildman–Crippen MR) is 90.4 cm³/mol. The summed E-state index contributed by atoms with van der Waals surface area (Å²) in [5.74, 6) is -0.427. The Morgan fingerprint density at radius 2 is 2.16 bits per heavy atom. The van der Waals surface area contributed by atoms with Gasteiger partial charge in [0.05, 0.1) is 6.54 Å². The third-order valence-electron chi connectivity index (χ3n) is 3.52. The number of hydrogen-bond donors (Lipinski definition) is 1. The van der Waals surface area contributed by atoms with Crippen LogP contribution in [0.4, 0.5) is 10.2 Å². The zero-order chi connectivity index (χ0) is 18.0. The van der Waals surface area contributed by atoms with Crippen molar-refractivity contribution in [3.05, 3.63) is 80.7 Å². The van der Waals surface area contributed by atoms with Crippen LogP contribution in [0.2, 0.25) is 5.02 Å². The monoisotopic (exact) mass is 361 g/mol. The Balaban J connectivity index is 1.90. The molecule has 128 valence electrons. The summed E-state index contributed by atoms with van der Waals surface area (Å²) in [6.45, 7) is 1.59. The molecule has 0 atom stereocenters. The first-order chi connectivity index (χ1) is 12.0. The molecule has 8 heteroatoms. The number of carbonyl (C=O) groups excluding carboxylic acids is 1. The fourth-order valence-electron chi connectivity index (χ4n) is 2.30. The second-order valence-corrected chi connectivity index (χ2v) is 5.74. The highest BCUT2D eigenvalue weighted by Gasteiger charge is 2.15. The number of anilines is 1. The molecule has 3 rings (SSSR count). The second kappa shape index (κ2) is 6.90. The van der Waals surface area contributed by atoms with Gasteiger partial charge in [-0.2, -0.15) is 0 Å². The molecule has 0 spiro atoms. The number of nitrogens with one attached hydrogen (secondary N) is 1. The summed E-state index contributed by atoms with van der Waals surface area (Å²) in [5, 5.41) is 6.33. The van der Waals surface area contributed by atoms with Gasteiger partial charge in [-0.05, 0) is 31.2 Å². The quantitative estimate of drug-likeness (QED) is 0.774. The van der Waals surface area contributed by atoms with Gasteiger partial charge in [0.1, 0.15) is 17.1 Å². The Morgan fingerprint density at radius 1 is 1.36 bits per heavy atom. The van der Waals surface area contributed by atoms with Gasteiger partial charge in [0.25, 0.3) is 11.5 Å². The standard InChI is InChI=1S/C17H13ClFN3O3/c1-10-8-15(21-25-10)20-16(23)11-4-3-7-22(17(11)24)9-12-13(18)5-2-6-14(12)19/h2-8H,9H2,1H3,(H,20,21,23). The summed E-state index contributed by atoms with van der Waals surface area (Å²) < 4.78 is 20.0. The number of amides is 1. The predicted octanol–water partition coefficient (Wildman–Crippen LogP) is 3.24. The summed E-state index contributed by atoms with van der Waals surface area (Å²) in [7, 11) is 0. The lowest BCUT2D eigenvalue weighted by atomic mass is 10.2. The van der Waals surface area contributed by atoms with Crippen LogP contribution in [-0.2, 0) is 6.54 Å². The van der Waals surface area contributed by atoms with Crippen molar-refractivity contribution in [2.45, 2.75) is 13.5 Å². The third-order valence-corrected chi connectivity index (χ3v) is 3.88. The van der Waals surface area contributed by atoms with Crippen molar-refractivity contribution in [2.24, 2.45) is 0 Å². The Bertz CT molecular complexity index is 977. The molecule has 0 radical (unpaired) electrons. The van der Waals surface area contributed by atoms with E-state index in [9.17, 15) is 14.0 Å². The van der Waals surface area contributed by atoms with E-state index in [4.69, 9.17) is 16.1 Å². The van der Waals surface area contributed by atoms with Gasteiger partial charge in [0.15, 0.2) is 5.82 Å². The molecule has 25 heavy (non-hydrogen) atoms. The average Bonchev–Trinajstić information content (AvgIpc) is 2.97. The van der Waals surface area contributed by atoms with Gasteiger partial charge >= 0.3 is 0 Å². The summed E-state index contributed by atoms with van der Waals surface area (Å²) in [5.41, 5.74) is -0.494. The number of nitrogens with zero attached hydrogens (tertiary/aromatic N) is 2. The second-order valence-electron chi connectivity index (χ2n) is 5.33. The molecule has 6 nitrogen and oxygen atoms in total. The van der Waals surface area contributed by atoms with Gasteiger partial charge in [-0.15, -0.1) is 0 Å². The summed E-state index contributed by atoms with van der Waals surface area (Å²) in [4.78, 5) is 24.8. The minimum absolute atomic E-state index is 0.0888. The molecule has 0 saturated heterocycles. The van der Waals surface area contributed by atoms with Crippen molar-refractivity contribution in [2.75, 3.05) is 5.32 Å². The maximum absolute atomic E-state index is 13.9. The molecule has 1 amide bonds. The summed E-state index contributed by atoms with van der Waals surface area (Å²) in [6.07, 6.45) is 1.46. The number of benzene rings is 1. The van der Waals surface area contributed by atoms with Gasteiger partial charge in [0, 0.05) is 22.8 Å². The van der Waals surface area contributed by atoms with Crippen LogP contribution in [0.1, 0.15) is 21.7 Å². The fourth-order valence-corrected chi connectivity index (χ4v) is 2.52. The lowest BCUT2D eigenvalue weighted by molar-refractivity contribution is 0.102. The van der Waals surface area contributed by atoms with Crippen LogP contribution in [0.25, 0.3) is 0 Å². The largest absolute Gasteiger partial charge is 0.360 e. The SMILES string of the molecule is Cc1cc(NC(=O)c2cccn(Cc3c(F)cccc3Cl)c2=O)no1. The van der Waals surface area contributed by atoms with Crippen molar-refractivity contribution in [1.82, 2.24) is 9.72 Å². The number of pyridine rings is 1. The molecule has 0 aliphatic heterocycles. The minimum Gasteiger partial charge on any atom is -0.360 e.